The zero-order valence-corrected chi connectivity index (χ0v) is 11.6. The minimum Gasteiger partial charge on any atom is -0.496 e. The Morgan fingerprint density at radius 3 is 2.56 bits per heavy atom. The molecule has 0 heterocycles. The molecule has 0 fully saturated rings. The summed E-state index contributed by atoms with van der Waals surface area (Å²) in [5.41, 5.74) is 3.24. The first-order valence-corrected chi connectivity index (χ1v) is 6.36. The summed E-state index contributed by atoms with van der Waals surface area (Å²) in [6.45, 7) is 6.10. The van der Waals surface area contributed by atoms with E-state index in [-0.39, 0.29) is 12.3 Å². The zero-order chi connectivity index (χ0) is 13.7. The summed E-state index contributed by atoms with van der Waals surface area (Å²) in [4.78, 5) is 11.0. The van der Waals surface area contributed by atoms with Crippen molar-refractivity contribution in [3.05, 3.63) is 28.8 Å². The van der Waals surface area contributed by atoms with Gasteiger partial charge in [-0.05, 0) is 37.3 Å². The Morgan fingerprint density at radius 2 is 2.06 bits per heavy atom. The molecule has 0 radical (unpaired) electrons. The van der Waals surface area contributed by atoms with Gasteiger partial charge in [-0.15, -0.1) is 0 Å². The highest BCUT2D eigenvalue weighted by Crippen LogP contribution is 2.35. The van der Waals surface area contributed by atoms with E-state index in [1.165, 1.54) is 0 Å². The van der Waals surface area contributed by atoms with Gasteiger partial charge in [-0.2, -0.15) is 0 Å². The Labute approximate surface area is 109 Å². The molecule has 0 aromatic heterocycles. The lowest BCUT2D eigenvalue weighted by molar-refractivity contribution is -0.137. The Balaban J connectivity index is 3.20. The Morgan fingerprint density at radius 1 is 1.39 bits per heavy atom. The summed E-state index contributed by atoms with van der Waals surface area (Å²) in [6, 6.07) is 4.11. The molecule has 1 atom stereocenters. The van der Waals surface area contributed by atoms with Gasteiger partial charge in [0, 0.05) is 0 Å². The minimum atomic E-state index is -0.755. The third-order valence-electron chi connectivity index (χ3n) is 3.15. The van der Waals surface area contributed by atoms with Crippen molar-refractivity contribution in [2.75, 3.05) is 7.11 Å². The second-order valence-corrected chi connectivity index (χ2v) is 4.79. The predicted molar refractivity (Wildman–Crippen MR) is 72.4 cm³/mol. The number of benzene rings is 1. The number of rotatable bonds is 6. The van der Waals surface area contributed by atoms with Gasteiger partial charge in [-0.3, -0.25) is 4.79 Å². The van der Waals surface area contributed by atoms with Gasteiger partial charge >= 0.3 is 5.97 Å². The summed E-state index contributed by atoms with van der Waals surface area (Å²) >= 11 is 0. The van der Waals surface area contributed by atoms with Gasteiger partial charge in [0.2, 0.25) is 0 Å². The number of aliphatic carboxylic acids is 1. The van der Waals surface area contributed by atoms with E-state index < -0.39 is 5.97 Å². The van der Waals surface area contributed by atoms with Crippen LogP contribution in [0.1, 0.15) is 48.8 Å². The molecule has 0 aliphatic rings. The molecule has 1 aromatic rings. The highest BCUT2D eigenvalue weighted by Gasteiger charge is 2.20. The van der Waals surface area contributed by atoms with E-state index in [1.807, 2.05) is 13.8 Å². The van der Waals surface area contributed by atoms with Gasteiger partial charge in [0.05, 0.1) is 13.5 Å². The van der Waals surface area contributed by atoms with Crippen molar-refractivity contribution in [1.82, 2.24) is 0 Å². The number of carbonyl (C=O) groups is 1. The maximum atomic E-state index is 11.0. The first kappa shape index (κ1) is 14.6. The molecule has 0 saturated carbocycles. The molecule has 0 aliphatic heterocycles. The molecule has 1 N–H and O–H groups in total. The van der Waals surface area contributed by atoms with Crippen LogP contribution >= 0.6 is 0 Å². The average molecular weight is 250 g/mol. The maximum Gasteiger partial charge on any atom is 0.303 e. The standard InChI is InChI=1S/C15H22O3/c1-5-6-12(9-14(16)17)13-8-10(2)7-11(3)15(13)18-4/h7-8,12H,5-6,9H2,1-4H3,(H,16,17). The van der Waals surface area contributed by atoms with Crippen molar-refractivity contribution in [2.24, 2.45) is 0 Å². The topological polar surface area (TPSA) is 46.5 Å². The number of aryl methyl sites for hydroxylation is 2. The van der Waals surface area contributed by atoms with Gasteiger partial charge < -0.3 is 9.84 Å². The normalized spacial score (nSPS) is 12.2. The van der Waals surface area contributed by atoms with E-state index in [9.17, 15) is 4.79 Å². The van der Waals surface area contributed by atoms with Crippen LogP contribution in [0.15, 0.2) is 12.1 Å². The van der Waals surface area contributed by atoms with Gasteiger partial charge in [0.25, 0.3) is 0 Å². The van der Waals surface area contributed by atoms with Crippen LogP contribution in [0.25, 0.3) is 0 Å². The van der Waals surface area contributed by atoms with Crippen LogP contribution in [0.2, 0.25) is 0 Å². The summed E-state index contributed by atoms with van der Waals surface area (Å²) in [6.07, 6.45) is 1.99. The fourth-order valence-corrected chi connectivity index (χ4v) is 2.50. The van der Waals surface area contributed by atoms with Crippen molar-refractivity contribution in [3.8, 4) is 5.75 Å². The van der Waals surface area contributed by atoms with Crippen LogP contribution < -0.4 is 4.74 Å². The highest BCUT2D eigenvalue weighted by atomic mass is 16.5. The number of hydrogen-bond acceptors (Lipinski definition) is 2. The SMILES string of the molecule is CCCC(CC(=O)O)c1cc(C)cc(C)c1OC. The highest BCUT2D eigenvalue weighted by molar-refractivity contribution is 5.68. The Bertz CT molecular complexity index is 424. The van der Waals surface area contributed by atoms with Crippen molar-refractivity contribution in [2.45, 2.75) is 46.0 Å². The van der Waals surface area contributed by atoms with Gasteiger partial charge in [0.15, 0.2) is 0 Å². The fourth-order valence-electron chi connectivity index (χ4n) is 2.50. The summed E-state index contributed by atoms with van der Waals surface area (Å²) in [5.74, 6) is 0.107. The molecular formula is C15H22O3. The first-order valence-electron chi connectivity index (χ1n) is 6.36. The number of methoxy groups -OCH3 is 1. The van der Waals surface area contributed by atoms with Crippen LogP contribution in [-0.4, -0.2) is 18.2 Å². The monoisotopic (exact) mass is 250 g/mol. The lowest BCUT2D eigenvalue weighted by Gasteiger charge is -2.20. The van der Waals surface area contributed by atoms with Gasteiger partial charge in [-0.1, -0.05) is 31.0 Å². The molecule has 0 spiro atoms. The zero-order valence-electron chi connectivity index (χ0n) is 11.6. The van der Waals surface area contributed by atoms with E-state index >= 15 is 0 Å². The molecule has 0 aliphatic carbocycles. The first-order chi connectivity index (χ1) is 8.49. The largest absolute Gasteiger partial charge is 0.496 e. The van der Waals surface area contributed by atoms with E-state index in [2.05, 4.69) is 19.1 Å². The molecule has 0 saturated heterocycles. The summed E-state index contributed by atoms with van der Waals surface area (Å²) in [5, 5.41) is 9.03. The van der Waals surface area contributed by atoms with Crippen LogP contribution in [-0.2, 0) is 4.79 Å². The van der Waals surface area contributed by atoms with Gasteiger partial charge in [0.1, 0.15) is 5.75 Å². The molecular weight excluding hydrogens is 228 g/mol. The molecule has 1 unspecified atom stereocenters. The molecule has 18 heavy (non-hydrogen) atoms. The summed E-state index contributed by atoms with van der Waals surface area (Å²) in [7, 11) is 1.64. The number of carboxylic acids is 1. The van der Waals surface area contributed by atoms with Crippen LogP contribution in [0.5, 0.6) is 5.75 Å². The number of hydrogen-bond donors (Lipinski definition) is 1. The summed E-state index contributed by atoms with van der Waals surface area (Å²) < 4.78 is 5.45. The van der Waals surface area contributed by atoms with Crippen molar-refractivity contribution in [1.29, 1.82) is 0 Å². The second kappa shape index (κ2) is 6.43. The lowest BCUT2D eigenvalue weighted by atomic mass is 9.88. The molecule has 100 valence electrons. The van der Waals surface area contributed by atoms with Gasteiger partial charge in [-0.25, -0.2) is 0 Å². The molecule has 0 amide bonds. The van der Waals surface area contributed by atoms with Crippen LogP contribution in [0.3, 0.4) is 0 Å². The molecule has 1 rings (SSSR count). The number of carboxylic acid groups (broad SMARTS) is 1. The Hall–Kier alpha value is -1.51. The fraction of sp³-hybridized carbons (Fsp3) is 0.533. The third kappa shape index (κ3) is 3.49. The maximum absolute atomic E-state index is 11.0. The van der Waals surface area contributed by atoms with E-state index in [4.69, 9.17) is 9.84 Å². The smallest absolute Gasteiger partial charge is 0.303 e. The third-order valence-corrected chi connectivity index (χ3v) is 3.15. The van der Waals surface area contributed by atoms with E-state index in [0.717, 1.165) is 35.3 Å². The van der Waals surface area contributed by atoms with Crippen LogP contribution in [0.4, 0.5) is 0 Å². The predicted octanol–water partition coefficient (Wildman–Crippen LogP) is 3.67. The molecule has 3 heteroatoms. The lowest BCUT2D eigenvalue weighted by Crippen LogP contribution is -2.09. The van der Waals surface area contributed by atoms with Crippen molar-refractivity contribution < 1.29 is 14.6 Å². The molecule has 3 nitrogen and oxygen atoms in total. The minimum absolute atomic E-state index is 0.0288. The van der Waals surface area contributed by atoms with Crippen LogP contribution in [0, 0.1) is 13.8 Å². The number of ether oxygens (including phenoxy) is 1. The van der Waals surface area contributed by atoms with Crippen molar-refractivity contribution >= 4 is 5.97 Å². The van der Waals surface area contributed by atoms with Crippen molar-refractivity contribution in [3.63, 3.8) is 0 Å². The molecule has 1 aromatic carbocycles. The Kier molecular flexibility index (Phi) is 5.20. The second-order valence-electron chi connectivity index (χ2n) is 4.79. The quantitative estimate of drug-likeness (QED) is 0.838. The average Bonchev–Trinajstić information content (AvgIpc) is 2.27. The van der Waals surface area contributed by atoms with E-state index in [1.54, 1.807) is 7.11 Å². The molecule has 0 bridgehead atoms. The van der Waals surface area contributed by atoms with E-state index in [0.29, 0.717) is 0 Å².